The van der Waals surface area contributed by atoms with Crippen LogP contribution in [0.25, 0.3) is 5.13 Å². The van der Waals surface area contributed by atoms with Gasteiger partial charge in [-0.25, -0.2) is 13.4 Å². The molecule has 1 atom stereocenters. The average molecular weight is 436 g/mol. The number of amides is 1. The average Bonchev–Trinajstić information content (AvgIpc) is 3.42. The van der Waals surface area contributed by atoms with Crippen LogP contribution >= 0.6 is 22.9 Å². The Hall–Kier alpha value is -2.16. The van der Waals surface area contributed by atoms with E-state index in [4.69, 9.17) is 11.6 Å². The second-order valence-corrected chi connectivity index (χ2v) is 10.3. The zero-order valence-corrected chi connectivity index (χ0v) is 17.5. The van der Waals surface area contributed by atoms with Gasteiger partial charge >= 0.3 is 0 Å². The number of aromatic nitrogens is 2. The molecule has 0 radical (unpaired) electrons. The van der Waals surface area contributed by atoms with Crippen molar-refractivity contribution in [2.75, 3.05) is 13.1 Å². The molecule has 1 aliphatic heterocycles. The molecule has 0 spiro atoms. The molecular weight excluding hydrogens is 418 g/mol. The number of carbonyl (C=O) groups excluding carboxylic acids is 1. The Morgan fingerprint density at radius 2 is 1.89 bits per heavy atom. The van der Waals surface area contributed by atoms with Crippen molar-refractivity contribution < 1.29 is 13.2 Å². The molecule has 2 aromatic heterocycles. The summed E-state index contributed by atoms with van der Waals surface area (Å²) in [6.07, 6.45) is 4.16. The van der Waals surface area contributed by atoms with Crippen molar-refractivity contribution >= 4 is 38.7 Å². The first-order chi connectivity index (χ1) is 13.4. The van der Waals surface area contributed by atoms with Crippen molar-refractivity contribution in [3.63, 3.8) is 0 Å². The van der Waals surface area contributed by atoms with E-state index in [1.165, 1.54) is 23.5 Å². The zero-order chi connectivity index (χ0) is 19.9. The molecule has 0 N–H and O–H groups in total. The molecule has 1 unspecified atom stereocenters. The minimum atomic E-state index is -3.51. The molecular formula is C19H18ClN3O3S2. The first-order valence-corrected chi connectivity index (χ1v) is 11.5. The number of aryl methyl sites for hydroxylation is 1. The monoisotopic (exact) mass is 435 g/mol. The summed E-state index contributed by atoms with van der Waals surface area (Å²) in [5.41, 5.74) is 0.655. The first-order valence-electron chi connectivity index (χ1n) is 8.76. The Kier molecular flexibility index (Phi) is 5.03. The molecule has 9 heteroatoms. The largest absolute Gasteiger partial charge is 0.337 e. The Balaban J connectivity index is 1.53. The van der Waals surface area contributed by atoms with E-state index < -0.39 is 15.1 Å². The van der Waals surface area contributed by atoms with Gasteiger partial charge < -0.3 is 9.47 Å². The predicted octanol–water partition coefficient (Wildman–Crippen LogP) is 3.58. The van der Waals surface area contributed by atoms with Crippen molar-refractivity contribution in [3.8, 4) is 5.13 Å². The Labute approximate surface area is 172 Å². The molecule has 0 saturated carbocycles. The quantitative estimate of drug-likeness (QED) is 0.627. The summed E-state index contributed by atoms with van der Waals surface area (Å²) >= 11 is 7.17. The highest BCUT2D eigenvalue weighted by Gasteiger charge is 2.37. The molecule has 6 nitrogen and oxygen atoms in total. The highest BCUT2D eigenvalue weighted by molar-refractivity contribution is 7.92. The summed E-state index contributed by atoms with van der Waals surface area (Å²) in [7, 11) is -3.51. The van der Waals surface area contributed by atoms with Crippen molar-refractivity contribution in [1.82, 2.24) is 14.5 Å². The van der Waals surface area contributed by atoms with E-state index in [-0.39, 0.29) is 17.3 Å². The summed E-state index contributed by atoms with van der Waals surface area (Å²) in [5, 5.41) is 0.589. The molecule has 1 amide bonds. The number of hydrogen-bond acceptors (Lipinski definition) is 5. The zero-order valence-electron chi connectivity index (χ0n) is 15.1. The molecule has 1 saturated heterocycles. The van der Waals surface area contributed by atoms with Crippen molar-refractivity contribution in [1.29, 1.82) is 0 Å². The number of likely N-dealkylation sites (tertiary alicyclic amines) is 1. The van der Waals surface area contributed by atoms with Crippen LogP contribution in [0.2, 0.25) is 5.02 Å². The van der Waals surface area contributed by atoms with E-state index in [9.17, 15) is 13.2 Å². The summed E-state index contributed by atoms with van der Waals surface area (Å²) in [5.74, 6) is -0.165. The number of halogens is 1. The Morgan fingerprint density at radius 1 is 1.21 bits per heavy atom. The second-order valence-electron chi connectivity index (χ2n) is 6.66. The van der Waals surface area contributed by atoms with Gasteiger partial charge in [-0.1, -0.05) is 22.9 Å². The highest BCUT2D eigenvalue weighted by atomic mass is 35.5. The smallest absolute Gasteiger partial charge is 0.265 e. The van der Waals surface area contributed by atoms with Crippen LogP contribution in [0, 0.1) is 6.92 Å². The lowest BCUT2D eigenvalue weighted by Gasteiger charge is -2.16. The molecule has 1 fully saturated rings. The van der Waals surface area contributed by atoms with Gasteiger partial charge in [0.2, 0.25) is 0 Å². The number of carbonyl (C=O) groups is 1. The summed E-state index contributed by atoms with van der Waals surface area (Å²) in [6, 6.07) is 9.94. The molecule has 4 rings (SSSR count). The lowest BCUT2D eigenvalue weighted by molar-refractivity contribution is 0.0797. The molecule has 0 aliphatic carbocycles. The van der Waals surface area contributed by atoms with Crippen LogP contribution in [0.4, 0.5) is 0 Å². The van der Waals surface area contributed by atoms with E-state index in [2.05, 4.69) is 4.98 Å². The fourth-order valence-corrected chi connectivity index (χ4v) is 6.10. The Bertz CT molecular complexity index is 1110. The minimum Gasteiger partial charge on any atom is -0.337 e. The predicted molar refractivity (Wildman–Crippen MR) is 109 cm³/mol. The number of sulfone groups is 1. The number of benzene rings is 1. The highest BCUT2D eigenvalue weighted by Crippen LogP contribution is 2.28. The SMILES string of the molecule is Cc1nc(-n2cccc2)sc1C(=O)N1CCC(S(=O)(=O)c2ccc(Cl)cc2)C1. The third kappa shape index (κ3) is 3.47. The van der Waals surface area contributed by atoms with Crippen molar-refractivity contribution in [2.24, 2.45) is 0 Å². The molecule has 3 heterocycles. The molecule has 1 aromatic carbocycles. The van der Waals surface area contributed by atoms with Gasteiger partial charge in [0.1, 0.15) is 4.88 Å². The van der Waals surface area contributed by atoms with Gasteiger partial charge in [-0.2, -0.15) is 0 Å². The second kappa shape index (κ2) is 7.35. The van der Waals surface area contributed by atoms with Gasteiger partial charge in [-0.3, -0.25) is 4.79 Å². The number of rotatable bonds is 4. The molecule has 3 aromatic rings. The maximum absolute atomic E-state index is 13.0. The van der Waals surface area contributed by atoms with Crippen molar-refractivity contribution in [2.45, 2.75) is 23.5 Å². The van der Waals surface area contributed by atoms with E-state index in [0.717, 1.165) is 5.13 Å². The van der Waals surface area contributed by atoms with Crippen LogP contribution in [-0.4, -0.2) is 47.1 Å². The standard InChI is InChI=1S/C19H18ClN3O3S2/c1-13-17(27-19(21-13)22-9-2-3-10-22)18(24)23-11-8-16(12-23)28(25,26)15-6-4-14(20)5-7-15/h2-7,9-10,16H,8,11-12H2,1H3. The summed E-state index contributed by atoms with van der Waals surface area (Å²) < 4.78 is 27.6. The maximum atomic E-state index is 13.0. The van der Waals surface area contributed by atoms with Gasteiger partial charge in [0.05, 0.1) is 15.8 Å². The normalized spacial score (nSPS) is 17.2. The van der Waals surface area contributed by atoms with E-state index in [1.54, 1.807) is 24.0 Å². The Morgan fingerprint density at radius 3 is 2.57 bits per heavy atom. The lowest BCUT2D eigenvalue weighted by Crippen LogP contribution is -2.31. The van der Waals surface area contributed by atoms with Gasteiger partial charge in [0.15, 0.2) is 15.0 Å². The fraction of sp³-hybridized carbons (Fsp3) is 0.263. The van der Waals surface area contributed by atoms with Crippen LogP contribution in [0.3, 0.4) is 0 Å². The minimum absolute atomic E-state index is 0.165. The number of thiazole rings is 1. The van der Waals surface area contributed by atoms with E-state index >= 15 is 0 Å². The van der Waals surface area contributed by atoms with Crippen LogP contribution in [0.5, 0.6) is 0 Å². The lowest BCUT2D eigenvalue weighted by atomic mass is 10.3. The summed E-state index contributed by atoms with van der Waals surface area (Å²) in [6.45, 7) is 2.39. The number of nitrogens with zero attached hydrogens (tertiary/aromatic N) is 3. The van der Waals surface area contributed by atoms with Gasteiger partial charge in [-0.15, -0.1) is 0 Å². The van der Waals surface area contributed by atoms with Crippen LogP contribution in [-0.2, 0) is 9.84 Å². The van der Waals surface area contributed by atoms with Gasteiger partial charge in [-0.05, 0) is 49.7 Å². The third-order valence-electron chi connectivity index (χ3n) is 4.82. The molecule has 0 bridgehead atoms. The molecule has 1 aliphatic rings. The molecule has 28 heavy (non-hydrogen) atoms. The van der Waals surface area contributed by atoms with E-state index in [1.807, 2.05) is 29.1 Å². The van der Waals surface area contributed by atoms with E-state index in [0.29, 0.717) is 28.6 Å². The van der Waals surface area contributed by atoms with Crippen LogP contribution in [0.1, 0.15) is 21.8 Å². The van der Waals surface area contributed by atoms with Crippen molar-refractivity contribution in [3.05, 3.63) is 64.4 Å². The summed E-state index contributed by atoms with van der Waals surface area (Å²) in [4.78, 5) is 19.8. The number of hydrogen-bond donors (Lipinski definition) is 0. The molecule has 146 valence electrons. The van der Waals surface area contributed by atoms with Gasteiger partial charge in [0.25, 0.3) is 5.91 Å². The third-order valence-corrected chi connectivity index (χ3v) is 8.42. The van der Waals surface area contributed by atoms with Gasteiger partial charge in [0, 0.05) is 30.5 Å². The van der Waals surface area contributed by atoms with Crippen LogP contribution < -0.4 is 0 Å². The topological polar surface area (TPSA) is 72.3 Å². The maximum Gasteiger partial charge on any atom is 0.265 e. The first kappa shape index (κ1) is 19.2. The fourth-order valence-electron chi connectivity index (χ4n) is 3.28. The van der Waals surface area contributed by atoms with Crippen LogP contribution in [0.15, 0.2) is 53.7 Å².